The minimum Gasteiger partial charge on any atom is -0.497 e. The van der Waals surface area contributed by atoms with Gasteiger partial charge in [-0.3, -0.25) is 4.79 Å². The predicted octanol–water partition coefficient (Wildman–Crippen LogP) is 4.22. The number of methoxy groups -OCH3 is 1. The van der Waals surface area contributed by atoms with Gasteiger partial charge in [0.1, 0.15) is 10.8 Å². The normalized spacial score (nSPS) is 15.4. The van der Waals surface area contributed by atoms with E-state index in [0.29, 0.717) is 5.75 Å². The summed E-state index contributed by atoms with van der Waals surface area (Å²) in [5.41, 5.74) is 4.03. The fourth-order valence-electron chi connectivity index (χ4n) is 3.46. The van der Waals surface area contributed by atoms with Crippen molar-refractivity contribution in [1.29, 1.82) is 0 Å². The van der Waals surface area contributed by atoms with Gasteiger partial charge in [-0.05, 0) is 61.4 Å². The Labute approximate surface area is 168 Å². The van der Waals surface area contributed by atoms with Crippen molar-refractivity contribution in [2.75, 3.05) is 17.8 Å². The van der Waals surface area contributed by atoms with E-state index >= 15 is 0 Å². The average Bonchev–Trinajstić information content (AvgIpc) is 3.08. The number of aromatic nitrogens is 2. The van der Waals surface area contributed by atoms with Gasteiger partial charge in [-0.25, -0.2) is 0 Å². The number of benzene rings is 2. The average molecular weight is 391 g/mol. The molecule has 6 heteroatoms. The third kappa shape index (κ3) is 3.73. The highest BCUT2D eigenvalue weighted by atomic mass is 32.2. The predicted molar refractivity (Wildman–Crippen MR) is 112 cm³/mol. The number of fused-ring (bicyclic) bond motifs is 1. The Hall–Kier alpha value is -2.86. The zero-order chi connectivity index (χ0) is 19.5. The van der Waals surface area contributed by atoms with Gasteiger partial charge in [0.05, 0.1) is 18.6 Å². The second kappa shape index (κ2) is 8.02. The summed E-state index contributed by atoms with van der Waals surface area (Å²) >= 11 is 1.42. The lowest BCUT2D eigenvalue weighted by Gasteiger charge is -2.22. The first-order chi connectivity index (χ1) is 13.7. The molecule has 28 heavy (non-hydrogen) atoms. The van der Waals surface area contributed by atoms with E-state index in [0.717, 1.165) is 34.1 Å². The van der Waals surface area contributed by atoms with Gasteiger partial charge in [0.25, 0.3) is 0 Å². The van der Waals surface area contributed by atoms with Gasteiger partial charge in [-0.1, -0.05) is 30.0 Å². The Balaban J connectivity index is 1.40. The van der Waals surface area contributed by atoms with Crippen LogP contribution in [0.2, 0.25) is 0 Å². The molecule has 0 saturated heterocycles. The maximum atomic E-state index is 12.8. The number of hydrogen-bond acceptors (Lipinski definition) is 5. The Kier molecular flexibility index (Phi) is 5.30. The van der Waals surface area contributed by atoms with Crippen LogP contribution in [-0.2, 0) is 11.2 Å². The van der Waals surface area contributed by atoms with Crippen molar-refractivity contribution in [2.45, 2.75) is 24.4 Å². The summed E-state index contributed by atoms with van der Waals surface area (Å²) in [5, 5.41) is 9.31. The number of amides is 1. The number of thioether (sulfide) groups is 1. The number of carbonyl (C=O) groups excluding carboxylic acids is 1. The number of anilines is 1. The van der Waals surface area contributed by atoms with E-state index in [1.165, 1.54) is 17.3 Å². The molecule has 4 rings (SSSR count). The smallest absolute Gasteiger partial charge is 0.237 e. The zero-order valence-corrected chi connectivity index (χ0v) is 16.6. The fraction of sp³-hybridized carbons (Fsp3) is 0.227. The maximum absolute atomic E-state index is 12.8. The van der Waals surface area contributed by atoms with Crippen molar-refractivity contribution >= 4 is 23.4 Å². The fourth-order valence-corrected chi connectivity index (χ4v) is 4.14. The lowest BCUT2D eigenvalue weighted by Crippen LogP contribution is -2.36. The van der Waals surface area contributed by atoms with Gasteiger partial charge < -0.3 is 9.64 Å². The summed E-state index contributed by atoms with van der Waals surface area (Å²) in [6, 6.07) is 19.8. The first-order valence-electron chi connectivity index (χ1n) is 9.16. The summed E-state index contributed by atoms with van der Waals surface area (Å²) in [6.45, 7) is 2.09. The monoisotopic (exact) mass is 391 g/mol. The number of carbonyl (C=O) groups is 1. The molecule has 1 amide bonds. The first-order valence-corrected chi connectivity index (χ1v) is 10.1. The number of ether oxygens (including phenoxy) is 1. The van der Waals surface area contributed by atoms with Crippen LogP contribution in [0.4, 0.5) is 5.69 Å². The second-order valence-electron chi connectivity index (χ2n) is 6.72. The van der Waals surface area contributed by atoms with Crippen LogP contribution < -0.4 is 9.64 Å². The second-order valence-corrected chi connectivity index (χ2v) is 7.72. The highest BCUT2D eigenvalue weighted by Crippen LogP contribution is 2.32. The molecule has 0 spiro atoms. The van der Waals surface area contributed by atoms with Crippen molar-refractivity contribution in [2.24, 2.45) is 0 Å². The Morgan fingerprint density at radius 2 is 1.89 bits per heavy atom. The third-order valence-corrected chi connectivity index (χ3v) is 5.75. The van der Waals surface area contributed by atoms with Gasteiger partial charge in [-0.15, -0.1) is 10.2 Å². The van der Waals surface area contributed by atoms with Crippen molar-refractivity contribution in [1.82, 2.24) is 10.2 Å². The highest BCUT2D eigenvalue weighted by Gasteiger charge is 2.30. The van der Waals surface area contributed by atoms with E-state index in [9.17, 15) is 4.79 Å². The largest absolute Gasteiger partial charge is 0.497 e. The molecule has 1 unspecified atom stereocenters. The van der Waals surface area contributed by atoms with Crippen LogP contribution in [0.5, 0.6) is 5.75 Å². The quantitative estimate of drug-likeness (QED) is 0.610. The molecular formula is C22H21N3O2S. The van der Waals surface area contributed by atoms with Crippen LogP contribution in [0.1, 0.15) is 12.5 Å². The zero-order valence-electron chi connectivity index (χ0n) is 15.8. The van der Waals surface area contributed by atoms with Crippen molar-refractivity contribution in [3.05, 3.63) is 66.2 Å². The third-order valence-electron chi connectivity index (χ3n) is 4.85. The molecule has 2 heterocycles. The Morgan fingerprint density at radius 1 is 1.11 bits per heavy atom. The van der Waals surface area contributed by atoms with Gasteiger partial charge in [0.2, 0.25) is 5.91 Å². The Bertz CT molecular complexity index is 974. The van der Waals surface area contributed by atoms with Crippen LogP contribution in [0, 0.1) is 0 Å². The number of hydrogen-bond donors (Lipinski definition) is 0. The maximum Gasteiger partial charge on any atom is 0.237 e. The van der Waals surface area contributed by atoms with Crippen LogP contribution in [0.3, 0.4) is 0 Å². The van der Waals surface area contributed by atoms with E-state index in [2.05, 4.69) is 23.2 Å². The molecule has 0 radical (unpaired) electrons. The molecule has 3 aromatic rings. The molecule has 1 aliphatic rings. The van der Waals surface area contributed by atoms with Crippen LogP contribution in [-0.4, -0.2) is 35.0 Å². The molecule has 0 N–H and O–H groups in total. The van der Waals surface area contributed by atoms with E-state index in [1.54, 1.807) is 7.11 Å². The first kappa shape index (κ1) is 18.5. The van der Waals surface area contributed by atoms with Gasteiger partial charge in [0.15, 0.2) is 0 Å². The molecule has 142 valence electrons. The van der Waals surface area contributed by atoms with E-state index in [-0.39, 0.29) is 11.9 Å². The van der Waals surface area contributed by atoms with Crippen molar-refractivity contribution in [3.8, 4) is 17.0 Å². The summed E-state index contributed by atoms with van der Waals surface area (Å²) in [4.78, 5) is 14.7. The minimum absolute atomic E-state index is 0.100. The highest BCUT2D eigenvalue weighted by molar-refractivity contribution is 7.99. The standard InChI is InChI=1S/C22H21N3O2S/c1-15-13-17-5-3-4-6-20(17)25(15)22(26)14-28-21-12-11-19(23-24-21)16-7-9-18(27-2)10-8-16/h3-12,15H,13-14H2,1-2H3. The molecule has 0 fully saturated rings. The molecule has 5 nitrogen and oxygen atoms in total. The van der Waals surface area contributed by atoms with E-state index in [1.807, 2.05) is 59.5 Å². The molecule has 2 aromatic carbocycles. The van der Waals surface area contributed by atoms with Gasteiger partial charge in [-0.2, -0.15) is 0 Å². The summed E-state index contributed by atoms with van der Waals surface area (Å²) in [5.74, 6) is 1.25. The number of nitrogens with zero attached hydrogens (tertiary/aromatic N) is 3. The molecular weight excluding hydrogens is 370 g/mol. The van der Waals surface area contributed by atoms with Crippen LogP contribution in [0.15, 0.2) is 65.7 Å². The lowest BCUT2D eigenvalue weighted by molar-refractivity contribution is -0.116. The molecule has 1 aromatic heterocycles. The summed E-state index contributed by atoms with van der Waals surface area (Å²) < 4.78 is 5.17. The molecule has 0 saturated carbocycles. The SMILES string of the molecule is COc1ccc(-c2ccc(SCC(=O)N3c4ccccc4CC3C)nn2)cc1. The van der Waals surface area contributed by atoms with Crippen LogP contribution in [0.25, 0.3) is 11.3 Å². The summed E-state index contributed by atoms with van der Waals surface area (Å²) in [7, 11) is 1.64. The van der Waals surface area contributed by atoms with Gasteiger partial charge >= 0.3 is 0 Å². The number of para-hydroxylation sites is 1. The van der Waals surface area contributed by atoms with Crippen molar-refractivity contribution in [3.63, 3.8) is 0 Å². The summed E-state index contributed by atoms with van der Waals surface area (Å²) in [6.07, 6.45) is 0.906. The number of rotatable bonds is 5. The van der Waals surface area contributed by atoms with Gasteiger partial charge in [0, 0.05) is 17.3 Å². The van der Waals surface area contributed by atoms with Crippen LogP contribution >= 0.6 is 11.8 Å². The Morgan fingerprint density at radius 3 is 2.61 bits per heavy atom. The van der Waals surface area contributed by atoms with E-state index in [4.69, 9.17) is 4.74 Å². The van der Waals surface area contributed by atoms with E-state index < -0.39 is 0 Å². The minimum atomic E-state index is 0.100. The molecule has 1 atom stereocenters. The molecule has 0 aliphatic carbocycles. The molecule has 1 aliphatic heterocycles. The van der Waals surface area contributed by atoms with Crippen molar-refractivity contribution < 1.29 is 9.53 Å². The molecule has 0 bridgehead atoms. The topological polar surface area (TPSA) is 55.3 Å². The lowest BCUT2D eigenvalue weighted by atomic mass is 10.1.